The Balaban J connectivity index is 4.67. The largest absolute Gasteiger partial charge is 0.450 e. The van der Waals surface area contributed by atoms with E-state index in [2.05, 4.69) is 9.47 Å². The average Bonchev–Trinajstić information content (AvgIpc) is 2.63. The van der Waals surface area contributed by atoms with Crippen LogP contribution in [0.5, 0.6) is 0 Å². The molecule has 0 radical (unpaired) electrons. The lowest BCUT2D eigenvalue weighted by molar-refractivity contribution is -0.245. The summed E-state index contributed by atoms with van der Waals surface area (Å²) >= 11 is 0. The lowest BCUT2D eigenvalue weighted by Gasteiger charge is -2.27. The highest BCUT2D eigenvalue weighted by Crippen LogP contribution is 2.30. The van der Waals surface area contributed by atoms with Gasteiger partial charge in [0.15, 0.2) is 0 Å². The van der Waals surface area contributed by atoms with Crippen molar-refractivity contribution in [2.24, 2.45) is 0 Å². The van der Waals surface area contributed by atoms with Crippen molar-refractivity contribution in [3.05, 3.63) is 0 Å². The van der Waals surface area contributed by atoms with Crippen LogP contribution >= 0.6 is 0 Å². The van der Waals surface area contributed by atoms with Crippen LogP contribution in [-0.4, -0.2) is 68.7 Å². The van der Waals surface area contributed by atoms with Gasteiger partial charge >= 0.3 is 24.3 Å². The van der Waals surface area contributed by atoms with Gasteiger partial charge in [0, 0.05) is 40.9 Å². The van der Waals surface area contributed by atoms with E-state index < -0.39 is 48.7 Å². The summed E-state index contributed by atoms with van der Waals surface area (Å²) in [6.07, 6.45) is -18.5. The van der Waals surface area contributed by atoms with Crippen LogP contribution in [0.3, 0.4) is 0 Å². The van der Waals surface area contributed by atoms with Gasteiger partial charge in [0.1, 0.15) is 18.0 Å². The van der Waals surface area contributed by atoms with Crippen molar-refractivity contribution in [1.82, 2.24) is 0 Å². The zero-order valence-corrected chi connectivity index (χ0v) is 18.2. The molecule has 0 aromatic rings. The molecule has 0 aromatic heterocycles. The van der Waals surface area contributed by atoms with E-state index in [9.17, 15) is 40.7 Å². The fourth-order valence-corrected chi connectivity index (χ4v) is 2.98. The van der Waals surface area contributed by atoms with Gasteiger partial charge in [0.05, 0.1) is 0 Å². The van der Waals surface area contributed by atoms with Gasteiger partial charge in [0.25, 0.3) is 0 Å². The maximum Gasteiger partial charge on any atom is 0.428 e. The standard InChI is InChI=1S/C19H28F6O7/c1-11(26)31-16(18(20,21)22)14(29-3)9-5-7-13(28)8-6-10-15(30-4)17(19(23,24)25)32-12(2)27/h14-17H,5-10H2,1-4H3. The fourth-order valence-electron chi connectivity index (χ4n) is 2.98. The van der Waals surface area contributed by atoms with Crippen LogP contribution < -0.4 is 0 Å². The molecule has 0 fully saturated rings. The van der Waals surface area contributed by atoms with E-state index in [1.807, 2.05) is 0 Å². The van der Waals surface area contributed by atoms with Crippen LogP contribution in [0.1, 0.15) is 52.4 Å². The molecule has 0 aliphatic carbocycles. The third-order valence-electron chi connectivity index (χ3n) is 4.40. The molecule has 0 amide bonds. The molecule has 0 spiro atoms. The predicted octanol–water partition coefficient (Wildman–Crippen LogP) is 3.91. The topological polar surface area (TPSA) is 88.1 Å². The highest BCUT2D eigenvalue weighted by atomic mass is 19.4. The van der Waals surface area contributed by atoms with Crippen LogP contribution in [0, 0.1) is 0 Å². The molecule has 32 heavy (non-hydrogen) atoms. The van der Waals surface area contributed by atoms with Crippen molar-refractivity contribution in [1.29, 1.82) is 0 Å². The summed E-state index contributed by atoms with van der Waals surface area (Å²) in [6, 6.07) is 0. The van der Waals surface area contributed by atoms with Crippen LogP contribution in [-0.2, 0) is 33.3 Å². The number of Topliss-reactive ketones (excluding diaryl/α,β-unsaturated/α-hetero) is 1. The van der Waals surface area contributed by atoms with Crippen molar-refractivity contribution < 1.29 is 59.7 Å². The van der Waals surface area contributed by atoms with E-state index in [0.29, 0.717) is 0 Å². The van der Waals surface area contributed by atoms with Gasteiger partial charge in [-0.05, 0) is 25.7 Å². The zero-order valence-electron chi connectivity index (χ0n) is 18.2. The zero-order chi connectivity index (χ0) is 25.1. The Labute approximate surface area is 181 Å². The molecule has 0 bridgehead atoms. The van der Waals surface area contributed by atoms with Gasteiger partial charge in [-0.25, -0.2) is 0 Å². The molecule has 0 aliphatic rings. The number of hydrogen-bond donors (Lipinski definition) is 0. The Kier molecular flexibility index (Phi) is 12.8. The summed E-state index contributed by atoms with van der Waals surface area (Å²) < 4.78 is 96.5. The summed E-state index contributed by atoms with van der Waals surface area (Å²) in [5.41, 5.74) is 0. The lowest BCUT2D eigenvalue weighted by Crippen LogP contribution is -2.44. The van der Waals surface area contributed by atoms with Crippen molar-refractivity contribution >= 4 is 17.7 Å². The van der Waals surface area contributed by atoms with Gasteiger partial charge in [0.2, 0.25) is 12.2 Å². The Morgan fingerprint density at radius 2 is 1.00 bits per heavy atom. The number of ketones is 1. The molecule has 0 aromatic carbocycles. The molecule has 0 aliphatic heterocycles. The first-order chi connectivity index (χ1) is 14.6. The Morgan fingerprint density at radius 3 is 1.22 bits per heavy atom. The second-order valence-corrected chi connectivity index (χ2v) is 7.01. The molecular weight excluding hydrogens is 454 g/mol. The summed E-state index contributed by atoms with van der Waals surface area (Å²) in [7, 11) is 2.03. The summed E-state index contributed by atoms with van der Waals surface area (Å²) in [5.74, 6) is -2.66. The number of ether oxygens (including phenoxy) is 4. The number of carbonyl (C=O) groups excluding carboxylic acids is 3. The molecule has 188 valence electrons. The fraction of sp³-hybridized carbons (Fsp3) is 0.842. The number of carbonyl (C=O) groups is 3. The lowest BCUT2D eigenvalue weighted by atomic mass is 10.0. The molecule has 0 N–H and O–H groups in total. The number of hydrogen-bond acceptors (Lipinski definition) is 7. The van der Waals surface area contributed by atoms with Crippen molar-refractivity contribution in [2.75, 3.05) is 14.2 Å². The number of halogens is 6. The minimum absolute atomic E-state index is 0.0164. The minimum atomic E-state index is -4.86. The van der Waals surface area contributed by atoms with Crippen molar-refractivity contribution in [2.45, 2.75) is 89.1 Å². The molecule has 0 saturated heterocycles. The molecule has 0 saturated carbocycles. The first kappa shape index (κ1) is 30.1. The van der Waals surface area contributed by atoms with Gasteiger partial charge in [-0.1, -0.05) is 0 Å². The van der Waals surface area contributed by atoms with E-state index in [0.717, 1.165) is 28.1 Å². The maximum atomic E-state index is 13.1. The molecule has 0 heterocycles. The second kappa shape index (κ2) is 13.6. The normalized spacial score (nSPS) is 16.1. The smallest absolute Gasteiger partial charge is 0.428 e. The Hall–Kier alpha value is -1.89. The van der Waals surface area contributed by atoms with Crippen molar-refractivity contribution in [3.8, 4) is 0 Å². The molecule has 13 heteroatoms. The quantitative estimate of drug-likeness (QED) is 0.274. The number of alkyl halides is 6. The first-order valence-corrected chi connectivity index (χ1v) is 9.68. The second-order valence-electron chi connectivity index (χ2n) is 7.01. The molecule has 4 atom stereocenters. The van der Waals surface area contributed by atoms with Crippen LogP contribution in [0.4, 0.5) is 26.3 Å². The molecular formula is C19H28F6O7. The van der Waals surface area contributed by atoms with Crippen LogP contribution in [0.25, 0.3) is 0 Å². The highest BCUT2D eigenvalue weighted by Gasteiger charge is 2.48. The van der Waals surface area contributed by atoms with E-state index in [4.69, 9.17) is 9.47 Å². The van der Waals surface area contributed by atoms with E-state index in [-0.39, 0.29) is 44.3 Å². The van der Waals surface area contributed by atoms with Crippen LogP contribution in [0.15, 0.2) is 0 Å². The minimum Gasteiger partial charge on any atom is -0.450 e. The average molecular weight is 482 g/mol. The van der Waals surface area contributed by atoms with Gasteiger partial charge in [-0.15, -0.1) is 0 Å². The Bertz CT molecular complexity index is 556. The highest BCUT2D eigenvalue weighted by molar-refractivity contribution is 5.78. The monoisotopic (exact) mass is 482 g/mol. The number of esters is 2. The summed E-state index contributed by atoms with van der Waals surface area (Å²) in [5, 5.41) is 0. The van der Waals surface area contributed by atoms with E-state index in [1.165, 1.54) is 0 Å². The number of rotatable bonds is 14. The van der Waals surface area contributed by atoms with Gasteiger partial charge < -0.3 is 18.9 Å². The molecule has 7 nitrogen and oxygen atoms in total. The Morgan fingerprint density at radius 1 is 0.688 bits per heavy atom. The number of methoxy groups -OCH3 is 2. The summed E-state index contributed by atoms with van der Waals surface area (Å²) in [6.45, 7) is 1.65. The van der Waals surface area contributed by atoms with Crippen molar-refractivity contribution in [3.63, 3.8) is 0 Å². The first-order valence-electron chi connectivity index (χ1n) is 9.68. The maximum absolute atomic E-state index is 13.1. The third-order valence-corrected chi connectivity index (χ3v) is 4.40. The van der Waals surface area contributed by atoms with Crippen LogP contribution in [0.2, 0.25) is 0 Å². The van der Waals surface area contributed by atoms with E-state index >= 15 is 0 Å². The third kappa shape index (κ3) is 11.7. The molecule has 4 unspecified atom stereocenters. The van der Waals surface area contributed by atoms with Gasteiger partial charge in [-0.2, -0.15) is 26.3 Å². The van der Waals surface area contributed by atoms with E-state index in [1.54, 1.807) is 0 Å². The predicted molar refractivity (Wildman–Crippen MR) is 97.5 cm³/mol. The SMILES string of the molecule is COC(CCCC(=O)CCCC(OC)C(OC(C)=O)C(F)(F)F)C(OC(C)=O)C(F)(F)F. The summed E-state index contributed by atoms with van der Waals surface area (Å²) in [4.78, 5) is 33.8. The van der Waals surface area contributed by atoms with Gasteiger partial charge in [-0.3, -0.25) is 14.4 Å². The molecule has 0 rings (SSSR count).